The normalized spacial score (nSPS) is 10.7. The van der Waals surface area contributed by atoms with Crippen LogP contribution in [-0.2, 0) is 0 Å². The number of nitrogens with zero attached hydrogens (tertiary/aromatic N) is 1. The second kappa shape index (κ2) is 4.11. The Morgan fingerprint density at radius 1 is 0.944 bits per heavy atom. The Morgan fingerprint density at radius 2 is 1.83 bits per heavy atom. The lowest BCUT2D eigenvalue weighted by Crippen LogP contribution is -1.92. The Hall–Kier alpha value is -2.42. The molecule has 1 heterocycles. The molecule has 2 N–H and O–H groups in total. The van der Waals surface area contributed by atoms with Gasteiger partial charge in [-0.25, -0.2) is 4.39 Å². The first kappa shape index (κ1) is 10.7. The molecule has 0 radical (unpaired) electrons. The number of hydrogen-bond acceptors (Lipinski definition) is 2. The van der Waals surface area contributed by atoms with E-state index in [0.717, 1.165) is 22.0 Å². The van der Waals surface area contributed by atoms with Crippen LogP contribution in [-0.4, -0.2) is 4.98 Å². The maximum atomic E-state index is 13.1. The van der Waals surface area contributed by atoms with Gasteiger partial charge in [-0.05, 0) is 35.9 Å². The fourth-order valence-electron chi connectivity index (χ4n) is 2.12. The molecular weight excluding hydrogens is 227 g/mol. The molecule has 0 aliphatic carbocycles. The van der Waals surface area contributed by atoms with Gasteiger partial charge in [0.1, 0.15) is 5.82 Å². The van der Waals surface area contributed by atoms with Gasteiger partial charge in [-0.2, -0.15) is 0 Å². The molecule has 0 atom stereocenters. The van der Waals surface area contributed by atoms with Gasteiger partial charge >= 0.3 is 0 Å². The Kier molecular flexibility index (Phi) is 2.45. The maximum absolute atomic E-state index is 13.1. The van der Waals surface area contributed by atoms with E-state index in [4.69, 9.17) is 5.73 Å². The molecular formula is C15H11FN2. The Morgan fingerprint density at radius 3 is 2.67 bits per heavy atom. The van der Waals surface area contributed by atoms with E-state index in [9.17, 15) is 4.39 Å². The Labute approximate surface area is 104 Å². The minimum Gasteiger partial charge on any atom is -0.398 e. The lowest BCUT2D eigenvalue weighted by Gasteiger charge is -2.09. The Bertz CT molecular complexity index is 717. The number of rotatable bonds is 1. The van der Waals surface area contributed by atoms with Crippen molar-refractivity contribution in [3.63, 3.8) is 0 Å². The molecule has 0 fully saturated rings. The highest BCUT2D eigenvalue weighted by molar-refractivity contribution is 5.97. The number of hydrogen-bond donors (Lipinski definition) is 1. The summed E-state index contributed by atoms with van der Waals surface area (Å²) in [6.07, 6.45) is 1.75. The van der Waals surface area contributed by atoms with Crippen molar-refractivity contribution >= 4 is 16.6 Å². The van der Waals surface area contributed by atoms with E-state index in [2.05, 4.69) is 4.98 Å². The van der Waals surface area contributed by atoms with E-state index in [-0.39, 0.29) is 5.82 Å². The highest BCUT2D eigenvalue weighted by atomic mass is 19.1. The fraction of sp³-hybridized carbons (Fsp3) is 0. The smallest absolute Gasteiger partial charge is 0.125 e. The number of benzene rings is 2. The van der Waals surface area contributed by atoms with Crippen molar-refractivity contribution in [3.8, 4) is 11.1 Å². The quantitative estimate of drug-likeness (QED) is 0.657. The molecule has 0 amide bonds. The SMILES string of the molecule is Nc1cc(F)ccc1-c1cccc2ncccc12. The van der Waals surface area contributed by atoms with Gasteiger partial charge in [0.05, 0.1) is 5.52 Å². The fourth-order valence-corrected chi connectivity index (χ4v) is 2.12. The zero-order valence-electron chi connectivity index (χ0n) is 9.60. The van der Waals surface area contributed by atoms with Gasteiger partial charge in [-0.1, -0.05) is 18.2 Å². The van der Waals surface area contributed by atoms with Crippen LogP contribution in [0.3, 0.4) is 0 Å². The van der Waals surface area contributed by atoms with Crippen molar-refractivity contribution in [2.45, 2.75) is 0 Å². The third kappa shape index (κ3) is 1.70. The number of anilines is 1. The van der Waals surface area contributed by atoms with Gasteiger partial charge < -0.3 is 5.73 Å². The molecule has 0 spiro atoms. The van der Waals surface area contributed by atoms with E-state index in [1.807, 2.05) is 30.3 Å². The average molecular weight is 238 g/mol. The summed E-state index contributed by atoms with van der Waals surface area (Å²) in [5.74, 6) is -0.324. The molecule has 0 aliphatic heterocycles. The topological polar surface area (TPSA) is 38.9 Å². The van der Waals surface area contributed by atoms with Gasteiger partial charge in [0.25, 0.3) is 0 Å². The zero-order valence-corrected chi connectivity index (χ0v) is 9.60. The second-order valence-corrected chi connectivity index (χ2v) is 4.11. The average Bonchev–Trinajstić information content (AvgIpc) is 2.38. The summed E-state index contributed by atoms with van der Waals surface area (Å²) < 4.78 is 13.1. The summed E-state index contributed by atoms with van der Waals surface area (Å²) in [5.41, 5.74) is 9.02. The molecule has 88 valence electrons. The summed E-state index contributed by atoms with van der Waals surface area (Å²) in [4.78, 5) is 4.30. The molecule has 3 aromatic rings. The van der Waals surface area contributed by atoms with Crippen molar-refractivity contribution in [2.24, 2.45) is 0 Å². The largest absolute Gasteiger partial charge is 0.398 e. The molecule has 3 heteroatoms. The minimum atomic E-state index is -0.324. The number of aromatic nitrogens is 1. The van der Waals surface area contributed by atoms with Gasteiger partial charge in [0.2, 0.25) is 0 Å². The van der Waals surface area contributed by atoms with Crippen LogP contribution in [0.25, 0.3) is 22.0 Å². The van der Waals surface area contributed by atoms with Crippen molar-refractivity contribution in [1.29, 1.82) is 0 Å². The first-order valence-electron chi connectivity index (χ1n) is 5.65. The molecule has 0 aliphatic rings. The third-order valence-corrected chi connectivity index (χ3v) is 2.95. The lowest BCUT2D eigenvalue weighted by atomic mass is 9.99. The third-order valence-electron chi connectivity index (χ3n) is 2.95. The first-order valence-corrected chi connectivity index (χ1v) is 5.65. The summed E-state index contributed by atoms with van der Waals surface area (Å²) in [5, 5.41) is 1.01. The van der Waals surface area contributed by atoms with E-state index in [1.165, 1.54) is 12.1 Å². The molecule has 0 bridgehead atoms. The lowest BCUT2D eigenvalue weighted by molar-refractivity contribution is 0.628. The summed E-state index contributed by atoms with van der Waals surface area (Å²) >= 11 is 0. The van der Waals surface area contributed by atoms with E-state index in [1.54, 1.807) is 12.3 Å². The maximum Gasteiger partial charge on any atom is 0.125 e. The van der Waals surface area contributed by atoms with Crippen molar-refractivity contribution in [1.82, 2.24) is 4.98 Å². The van der Waals surface area contributed by atoms with Crippen molar-refractivity contribution < 1.29 is 4.39 Å². The van der Waals surface area contributed by atoms with Crippen LogP contribution >= 0.6 is 0 Å². The van der Waals surface area contributed by atoms with Crippen LogP contribution in [0.1, 0.15) is 0 Å². The summed E-state index contributed by atoms with van der Waals surface area (Å²) in [7, 11) is 0. The second-order valence-electron chi connectivity index (χ2n) is 4.11. The predicted octanol–water partition coefficient (Wildman–Crippen LogP) is 3.62. The van der Waals surface area contributed by atoms with Gasteiger partial charge in [0, 0.05) is 22.8 Å². The number of fused-ring (bicyclic) bond motifs is 1. The van der Waals surface area contributed by atoms with Crippen LogP contribution in [0.5, 0.6) is 0 Å². The molecule has 1 aromatic heterocycles. The van der Waals surface area contributed by atoms with Crippen molar-refractivity contribution in [3.05, 3.63) is 60.5 Å². The summed E-state index contributed by atoms with van der Waals surface area (Å²) in [6.45, 7) is 0. The number of pyridine rings is 1. The predicted molar refractivity (Wildman–Crippen MR) is 71.5 cm³/mol. The first-order chi connectivity index (χ1) is 8.75. The Balaban J connectivity index is 2.31. The molecule has 0 saturated heterocycles. The minimum absolute atomic E-state index is 0.324. The molecule has 18 heavy (non-hydrogen) atoms. The van der Waals surface area contributed by atoms with Gasteiger partial charge in [-0.15, -0.1) is 0 Å². The monoisotopic (exact) mass is 238 g/mol. The highest BCUT2D eigenvalue weighted by Gasteiger charge is 2.07. The van der Waals surface area contributed by atoms with Crippen LogP contribution in [0, 0.1) is 5.82 Å². The molecule has 2 nitrogen and oxygen atoms in total. The van der Waals surface area contributed by atoms with Crippen LogP contribution in [0.4, 0.5) is 10.1 Å². The van der Waals surface area contributed by atoms with Crippen molar-refractivity contribution in [2.75, 3.05) is 5.73 Å². The number of halogens is 1. The van der Waals surface area contributed by atoms with Gasteiger partial charge in [0.15, 0.2) is 0 Å². The molecule has 2 aromatic carbocycles. The van der Waals surface area contributed by atoms with Crippen LogP contribution < -0.4 is 5.73 Å². The number of nitrogen functional groups attached to an aromatic ring is 1. The van der Waals surface area contributed by atoms with Gasteiger partial charge in [-0.3, -0.25) is 4.98 Å². The zero-order chi connectivity index (χ0) is 12.5. The molecule has 3 rings (SSSR count). The molecule has 0 saturated carbocycles. The van der Waals surface area contributed by atoms with Crippen LogP contribution in [0.2, 0.25) is 0 Å². The van der Waals surface area contributed by atoms with Crippen LogP contribution in [0.15, 0.2) is 54.7 Å². The standard InChI is InChI=1S/C15H11FN2/c16-10-6-7-12(14(17)9-10)11-3-1-5-15-13(11)4-2-8-18-15/h1-9H,17H2. The van der Waals surface area contributed by atoms with E-state index in [0.29, 0.717) is 5.69 Å². The van der Waals surface area contributed by atoms with E-state index >= 15 is 0 Å². The van der Waals surface area contributed by atoms with E-state index < -0.39 is 0 Å². The summed E-state index contributed by atoms with van der Waals surface area (Å²) in [6, 6.07) is 14.2. The highest BCUT2D eigenvalue weighted by Crippen LogP contribution is 2.31. The molecule has 0 unspecified atom stereocenters. The number of nitrogens with two attached hydrogens (primary N) is 1.